The van der Waals surface area contributed by atoms with E-state index in [-0.39, 0.29) is 23.7 Å². The van der Waals surface area contributed by atoms with Gasteiger partial charge in [-0.05, 0) is 18.6 Å². The summed E-state index contributed by atoms with van der Waals surface area (Å²) in [6.45, 7) is 2.58. The van der Waals surface area contributed by atoms with Gasteiger partial charge in [-0.2, -0.15) is 0 Å². The Kier molecular flexibility index (Phi) is 13.3. The van der Waals surface area contributed by atoms with Crippen molar-refractivity contribution in [3.05, 3.63) is 29.6 Å². The van der Waals surface area contributed by atoms with Crippen LogP contribution in [0, 0.1) is 5.82 Å². The number of carboxylic acids is 1. The Hall–Kier alpha value is -1.29. The summed E-state index contributed by atoms with van der Waals surface area (Å²) in [7, 11) is 0. The summed E-state index contributed by atoms with van der Waals surface area (Å²) in [6, 6.07) is 3.96. The first-order chi connectivity index (χ1) is 11.2. The maximum Gasteiger partial charge on any atom is 0.339 e. The molecule has 0 radical (unpaired) electrons. The van der Waals surface area contributed by atoms with Crippen LogP contribution in [0.2, 0.25) is 0 Å². The molecule has 0 saturated heterocycles. The van der Waals surface area contributed by atoms with Crippen molar-refractivity contribution in [1.82, 2.24) is 0 Å². The highest BCUT2D eigenvalue weighted by molar-refractivity contribution is 5.90. The van der Waals surface area contributed by atoms with Crippen LogP contribution in [0.15, 0.2) is 18.2 Å². The van der Waals surface area contributed by atoms with Gasteiger partial charge in [0, 0.05) is 0 Å². The number of unbranched alkanes of at least 4 members (excludes halogenated alkanes) is 9. The fourth-order valence-electron chi connectivity index (χ4n) is 2.59. The van der Waals surface area contributed by atoms with E-state index in [4.69, 9.17) is 9.84 Å². The van der Waals surface area contributed by atoms with Gasteiger partial charge in [0.25, 0.3) is 0 Å². The topological polar surface area (TPSA) is 46.5 Å². The average molecular weight is 361 g/mol. The van der Waals surface area contributed by atoms with Crippen LogP contribution in [-0.2, 0) is 0 Å². The van der Waals surface area contributed by atoms with Gasteiger partial charge in [0.1, 0.15) is 5.56 Å². The molecule has 1 aromatic carbocycles. The Morgan fingerprint density at radius 1 is 1.00 bits per heavy atom. The first kappa shape index (κ1) is 22.7. The molecule has 24 heavy (non-hydrogen) atoms. The summed E-state index contributed by atoms with van der Waals surface area (Å²) in [5, 5.41) is 9.02. The van der Waals surface area contributed by atoms with Gasteiger partial charge in [-0.3, -0.25) is 0 Å². The first-order valence-corrected chi connectivity index (χ1v) is 8.81. The van der Waals surface area contributed by atoms with E-state index < -0.39 is 11.8 Å². The van der Waals surface area contributed by atoms with Gasteiger partial charge in [0.2, 0.25) is 0 Å². The highest BCUT2D eigenvalue weighted by atomic mass is 35.5. The summed E-state index contributed by atoms with van der Waals surface area (Å²) in [5.74, 6) is -1.92. The molecule has 0 amide bonds. The van der Waals surface area contributed by atoms with Crippen molar-refractivity contribution in [3.63, 3.8) is 0 Å². The highest BCUT2D eigenvalue weighted by Crippen LogP contribution is 2.23. The molecule has 3 nitrogen and oxygen atoms in total. The van der Waals surface area contributed by atoms with Crippen LogP contribution in [0.25, 0.3) is 0 Å². The molecule has 138 valence electrons. The molecule has 0 aliphatic heterocycles. The second kappa shape index (κ2) is 14.1. The van der Waals surface area contributed by atoms with Gasteiger partial charge < -0.3 is 9.84 Å². The molecule has 0 bridgehead atoms. The molecule has 0 heterocycles. The number of ether oxygens (including phenoxy) is 1. The second-order valence-electron chi connectivity index (χ2n) is 5.95. The van der Waals surface area contributed by atoms with Gasteiger partial charge in [-0.15, -0.1) is 12.4 Å². The molecule has 5 heteroatoms. The summed E-state index contributed by atoms with van der Waals surface area (Å²) in [5.41, 5.74) is -0.114. The highest BCUT2D eigenvalue weighted by Gasteiger charge is 2.15. The molecule has 1 N–H and O–H groups in total. The Labute approximate surface area is 151 Å². The summed E-state index contributed by atoms with van der Waals surface area (Å²) in [4.78, 5) is 11.0. The molecule has 0 saturated carbocycles. The Morgan fingerprint density at radius 3 is 2.08 bits per heavy atom. The van der Waals surface area contributed by atoms with Crippen LogP contribution in [-0.4, -0.2) is 17.7 Å². The standard InChI is InChI=1S/C19H29FO3.ClH/c1-2-3-4-5-6-7-8-9-10-11-15-23-18-16(19(21)22)13-12-14-17(18)20;/h12-14H,2-11,15H2,1H3,(H,21,22);1H. The zero-order valence-corrected chi connectivity index (χ0v) is 15.4. The minimum atomic E-state index is -1.16. The number of benzene rings is 1. The molecule has 0 aromatic heterocycles. The van der Waals surface area contributed by atoms with Crippen molar-refractivity contribution in [2.45, 2.75) is 71.1 Å². The van der Waals surface area contributed by atoms with Gasteiger partial charge in [-0.25, -0.2) is 9.18 Å². The number of hydrogen-bond acceptors (Lipinski definition) is 2. The average Bonchev–Trinajstić information content (AvgIpc) is 2.53. The van der Waals surface area contributed by atoms with Crippen LogP contribution in [0.3, 0.4) is 0 Å². The number of aromatic carboxylic acids is 1. The van der Waals surface area contributed by atoms with Crippen LogP contribution in [0.1, 0.15) is 81.5 Å². The molecule has 0 unspecified atom stereocenters. The minimum Gasteiger partial charge on any atom is -0.490 e. The summed E-state index contributed by atoms with van der Waals surface area (Å²) >= 11 is 0. The lowest BCUT2D eigenvalue weighted by molar-refractivity contribution is 0.0691. The van der Waals surface area contributed by atoms with E-state index in [2.05, 4.69) is 6.92 Å². The minimum absolute atomic E-state index is 0. The number of carbonyl (C=O) groups is 1. The van der Waals surface area contributed by atoms with Crippen molar-refractivity contribution in [2.75, 3.05) is 6.61 Å². The Bertz CT molecular complexity index is 466. The number of halogens is 2. The number of hydrogen-bond donors (Lipinski definition) is 1. The van der Waals surface area contributed by atoms with E-state index in [1.54, 1.807) is 0 Å². The number of rotatable bonds is 13. The fraction of sp³-hybridized carbons (Fsp3) is 0.632. The molecular formula is C19H30ClFO3. The third kappa shape index (κ3) is 9.11. The van der Waals surface area contributed by atoms with Gasteiger partial charge in [0.05, 0.1) is 6.61 Å². The second-order valence-corrected chi connectivity index (χ2v) is 5.95. The van der Waals surface area contributed by atoms with E-state index in [0.29, 0.717) is 6.61 Å². The normalized spacial score (nSPS) is 10.2. The van der Waals surface area contributed by atoms with E-state index in [1.165, 1.54) is 63.1 Å². The lowest BCUT2D eigenvalue weighted by atomic mass is 10.1. The maximum absolute atomic E-state index is 13.6. The lowest BCUT2D eigenvalue weighted by Gasteiger charge is -2.10. The van der Waals surface area contributed by atoms with Crippen LogP contribution in [0.5, 0.6) is 5.75 Å². The zero-order valence-electron chi connectivity index (χ0n) is 14.6. The van der Waals surface area contributed by atoms with Crippen LogP contribution in [0.4, 0.5) is 4.39 Å². The van der Waals surface area contributed by atoms with Crippen molar-refractivity contribution in [2.24, 2.45) is 0 Å². The smallest absolute Gasteiger partial charge is 0.339 e. The predicted octanol–water partition coefficient (Wildman–Crippen LogP) is 6.25. The Morgan fingerprint density at radius 2 is 1.54 bits per heavy atom. The van der Waals surface area contributed by atoms with E-state index in [9.17, 15) is 9.18 Å². The molecule has 1 rings (SSSR count). The first-order valence-electron chi connectivity index (χ1n) is 8.81. The fourth-order valence-corrected chi connectivity index (χ4v) is 2.59. The predicted molar refractivity (Wildman–Crippen MR) is 97.9 cm³/mol. The molecular weight excluding hydrogens is 331 g/mol. The lowest BCUT2D eigenvalue weighted by Crippen LogP contribution is -2.06. The van der Waals surface area contributed by atoms with Gasteiger partial charge in [0.15, 0.2) is 11.6 Å². The summed E-state index contributed by atoms with van der Waals surface area (Å²) < 4.78 is 19.0. The molecule has 0 atom stereocenters. The third-order valence-corrected chi connectivity index (χ3v) is 3.94. The van der Waals surface area contributed by atoms with Crippen molar-refractivity contribution in [1.29, 1.82) is 0 Å². The number of para-hydroxylation sites is 1. The maximum atomic E-state index is 13.6. The molecule has 0 aliphatic carbocycles. The van der Waals surface area contributed by atoms with Crippen molar-refractivity contribution < 1.29 is 19.0 Å². The largest absolute Gasteiger partial charge is 0.490 e. The zero-order chi connectivity index (χ0) is 16.9. The Balaban J connectivity index is 0.00000529. The van der Waals surface area contributed by atoms with Gasteiger partial charge >= 0.3 is 5.97 Å². The van der Waals surface area contributed by atoms with Crippen molar-refractivity contribution in [3.8, 4) is 5.75 Å². The molecule has 0 fully saturated rings. The SMILES string of the molecule is CCCCCCCCCCCCOc1c(F)cccc1C(=O)O.Cl. The van der Waals surface area contributed by atoms with Crippen molar-refractivity contribution >= 4 is 18.4 Å². The van der Waals surface area contributed by atoms with Gasteiger partial charge in [-0.1, -0.05) is 70.8 Å². The quantitative estimate of drug-likeness (QED) is 0.423. The van der Waals surface area contributed by atoms with Crippen LogP contribution < -0.4 is 4.74 Å². The van der Waals surface area contributed by atoms with Crippen LogP contribution >= 0.6 is 12.4 Å². The van der Waals surface area contributed by atoms with E-state index in [0.717, 1.165) is 19.3 Å². The molecule has 0 aliphatic rings. The molecule has 0 spiro atoms. The monoisotopic (exact) mass is 360 g/mol. The number of carboxylic acid groups (broad SMARTS) is 1. The molecule has 1 aromatic rings. The third-order valence-electron chi connectivity index (χ3n) is 3.94. The van der Waals surface area contributed by atoms with E-state index in [1.807, 2.05) is 0 Å². The summed E-state index contributed by atoms with van der Waals surface area (Å²) in [6.07, 6.45) is 12.1. The van der Waals surface area contributed by atoms with E-state index >= 15 is 0 Å².